The van der Waals surface area contributed by atoms with Crippen molar-refractivity contribution in [3.05, 3.63) is 18.2 Å². The minimum Gasteiger partial charge on any atom is -0.454 e. The average molecular weight is 529 g/mol. The predicted molar refractivity (Wildman–Crippen MR) is 135 cm³/mol. The number of carbonyl (C=O) groups is 2. The first-order chi connectivity index (χ1) is 16.9. The second-order valence-corrected chi connectivity index (χ2v) is 11.5. The van der Waals surface area contributed by atoms with Gasteiger partial charge in [0.25, 0.3) is 0 Å². The molecule has 2 rings (SSSR count). The highest BCUT2D eigenvalue weighted by molar-refractivity contribution is 7.89. The standard InChI is InChI=1S/C24H40N4O7S/c1-7-16(4)23(27-22(30)11-25-6)24(31)26-17(5)19(29)13-28(12-15(2)3)36(32,33)18-8-9-20-21(10-18)35-14-34-20/h8-10,15-17,19,23,25,29H,7,11-14H2,1-6H3,(H,26,31)(H,27,30)/t16?,17-,19+,23-/m0/s1. The number of aliphatic hydroxyl groups is 1. The van der Waals surface area contributed by atoms with Gasteiger partial charge >= 0.3 is 0 Å². The van der Waals surface area contributed by atoms with Gasteiger partial charge in [-0.3, -0.25) is 9.59 Å². The van der Waals surface area contributed by atoms with Crippen LogP contribution in [0.25, 0.3) is 0 Å². The first-order valence-corrected chi connectivity index (χ1v) is 13.7. The van der Waals surface area contributed by atoms with E-state index in [0.29, 0.717) is 17.9 Å². The number of hydrogen-bond donors (Lipinski definition) is 4. The number of sulfonamides is 1. The van der Waals surface area contributed by atoms with Crippen molar-refractivity contribution < 1.29 is 32.6 Å². The molecule has 4 N–H and O–H groups in total. The molecule has 0 radical (unpaired) electrons. The molecule has 1 heterocycles. The highest BCUT2D eigenvalue weighted by atomic mass is 32.2. The number of ether oxygens (including phenoxy) is 2. The molecule has 11 nitrogen and oxygen atoms in total. The van der Waals surface area contributed by atoms with E-state index in [-0.39, 0.29) is 49.1 Å². The second kappa shape index (κ2) is 13.2. The zero-order valence-corrected chi connectivity index (χ0v) is 22.7. The largest absolute Gasteiger partial charge is 0.454 e. The van der Waals surface area contributed by atoms with Gasteiger partial charge in [0.1, 0.15) is 6.04 Å². The van der Waals surface area contributed by atoms with E-state index in [4.69, 9.17) is 9.47 Å². The molecule has 1 unspecified atom stereocenters. The van der Waals surface area contributed by atoms with Gasteiger partial charge in [0.15, 0.2) is 11.5 Å². The fraction of sp³-hybridized carbons (Fsp3) is 0.667. The Morgan fingerprint density at radius 3 is 2.36 bits per heavy atom. The summed E-state index contributed by atoms with van der Waals surface area (Å²) in [6.45, 7) is 9.17. The molecule has 36 heavy (non-hydrogen) atoms. The molecule has 0 spiro atoms. The summed E-state index contributed by atoms with van der Waals surface area (Å²) in [5.41, 5.74) is 0. The van der Waals surface area contributed by atoms with Gasteiger partial charge in [-0.1, -0.05) is 34.1 Å². The van der Waals surface area contributed by atoms with Gasteiger partial charge in [0.2, 0.25) is 28.6 Å². The number of amides is 2. The lowest BCUT2D eigenvalue weighted by Gasteiger charge is -2.30. The number of likely N-dealkylation sites (N-methyl/N-ethyl adjacent to an activating group) is 1. The van der Waals surface area contributed by atoms with Crippen LogP contribution in [-0.4, -0.2) is 81.3 Å². The van der Waals surface area contributed by atoms with Crippen molar-refractivity contribution in [1.82, 2.24) is 20.3 Å². The van der Waals surface area contributed by atoms with E-state index < -0.39 is 34.1 Å². The summed E-state index contributed by atoms with van der Waals surface area (Å²) in [5.74, 6) is -0.0861. The molecule has 204 valence electrons. The van der Waals surface area contributed by atoms with Crippen molar-refractivity contribution in [1.29, 1.82) is 0 Å². The molecular weight excluding hydrogens is 488 g/mol. The summed E-state index contributed by atoms with van der Waals surface area (Å²) in [6, 6.07) is 2.84. The molecule has 0 fully saturated rings. The Balaban J connectivity index is 2.15. The zero-order valence-electron chi connectivity index (χ0n) is 21.9. The van der Waals surface area contributed by atoms with Crippen molar-refractivity contribution in [3.8, 4) is 11.5 Å². The number of nitrogens with one attached hydrogen (secondary N) is 3. The highest BCUT2D eigenvalue weighted by Crippen LogP contribution is 2.34. The first kappa shape index (κ1) is 29.8. The van der Waals surface area contributed by atoms with Crippen molar-refractivity contribution >= 4 is 21.8 Å². The Hall–Kier alpha value is -2.41. The molecule has 0 aromatic heterocycles. The minimum atomic E-state index is -3.97. The summed E-state index contributed by atoms with van der Waals surface area (Å²) >= 11 is 0. The second-order valence-electron chi connectivity index (χ2n) is 9.56. The van der Waals surface area contributed by atoms with Gasteiger partial charge in [0.05, 0.1) is 23.6 Å². The monoisotopic (exact) mass is 528 g/mol. The van der Waals surface area contributed by atoms with Crippen LogP contribution in [-0.2, 0) is 19.6 Å². The van der Waals surface area contributed by atoms with Crippen LogP contribution in [0.5, 0.6) is 11.5 Å². The van der Waals surface area contributed by atoms with E-state index in [1.807, 2.05) is 27.7 Å². The maximum atomic E-state index is 13.4. The van der Waals surface area contributed by atoms with Crippen LogP contribution in [0.2, 0.25) is 0 Å². The average Bonchev–Trinajstić information content (AvgIpc) is 3.29. The van der Waals surface area contributed by atoms with Crippen molar-refractivity contribution in [2.24, 2.45) is 11.8 Å². The predicted octanol–water partition coefficient (Wildman–Crippen LogP) is 0.678. The number of fused-ring (bicyclic) bond motifs is 1. The van der Waals surface area contributed by atoms with E-state index in [1.165, 1.54) is 16.4 Å². The molecule has 1 aliphatic heterocycles. The molecule has 0 bridgehead atoms. The fourth-order valence-corrected chi connectivity index (χ4v) is 5.37. The molecule has 0 saturated heterocycles. The third-order valence-electron chi connectivity index (χ3n) is 6.04. The van der Waals surface area contributed by atoms with Gasteiger partial charge in [-0.05, 0) is 37.9 Å². The van der Waals surface area contributed by atoms with Crippen molar-refractivity contribution in [2.45, 2.75) is 64.1 Å². The van der Waals surface area contributed by atoms with Crippen molar-refractivity contribution in [2.75, 3.05) is 33.5 Å². The van der Waals surface area contributed by atoms with Gasteiger partial charge < -0.3 is 30.5 Å². The van der Waals surface area contributed by atoms with Gasteiger partial charge in [-0.25, -0.2) is 8.42 Å². The van der Waals surface area contributed by atoms with E-state index in [0.717, 1.165) is 0 Å². The normalized spacial score (nSPS) is 16.5. The van der Waals surface area contributed by atoms with Crippen LogP contribution in [0.1, 0.15) is 41.0 Å². The highest BCUT2D eigenvalue weighted by Gasteiger charge is 2.33. The first-order valence-electron chi connectivity index (χ1n) is 12.2. The lowest BCUT2D eigenvalue weighted by Crippen LogP contribution is -2.56. The van der Waals surface area contributed by atoms with Crippen LogP contribution in [0, 0.1) is 11.8 Å². The third-order valence-corrected chi connectivity index (χ3v) is 7.87. The summed E-state index contributed by atoms with van der Waals surface area (Å²) in [6.07, 6.45) is -0.535. The lowest BCUT2D eigenvalue weighted by atomic mass is 9.97. The Bertz CT molecular complexity index is 1000. The number of hydrogen-bond acceptors (Lipinski definition) is 8. The van der Waals surface area contributed by atoms with Crippen LogP contribution in [0.15, 0.2) is 23.1 Å². The Kier molecular flexibility index (Phi) is 11.0. The van der Waals surface area contributed by atoms with E-state index >= 15 is 0 Å². The molecule has 0 aliphatic carbocycles. The third kappa shape index (κ3) is 7.79. The number of rotatable bonds is 14. The quantitative estimate of drug-likeness (QED) is 0.276. The number of nitrogens with zero attached hydrogens (tertiary/aromatic N) is 1. The Labute approximate surface area is 214 Å². The van der Waals surface area contributed by atoms with Crippen LogP contribution < -0.4 is 25.4 Å². The topological polar surface area (TPSA) is 146 Å². The van der Waals surface area contributed by atoms with Gasteiger partial charge in [-0.2, -0.15) is 4.31 Å². The smallest absolute Gasteiger partial charge is 0.243 e. The van der Waals surface area contributed by atoms with Crippen molar-refractivity contribution in [3.63, 3.8) is 0 Å². The lowest BCUT2D eigenvalue weighted by molar-refractivity contribution is -0.130. The Morgan fingerprint density at radius 1 is 1.08 bits per heavy atom. The molecule has 0 saturated carbocycles. The summed E-state index contributed by atoms with van der Waals surface area (Å²) < 4.78 is 38.7. The van der Waals surface area contributed by atoms with Gasteiger partial charge in [0, 0.05) is 19.2 Å². The fourth-order valence-electron chi connectivity index (χ4n) is 3.73. The number of carbonyl (C=O) groups excluding carboxylic acids is 2. The molecule has 1 aromatic carbocycles. The molecule has 1 aromatic rings. The van der Waals surface area contributed by atoms with Crippen LogP contribution in [0.4, 0.5) is 0 Å². The van der Waals surface area contributed by atoms with Crippen LogP contribution >= 0.6 is 0 Å². The summed E-state index contributed by atoms with van der Waals surface area (Å²) in [4.78, 5) is 25.1. The number of benzene rings is 1. The van der Waals surface area contributed by atoms with Crippen LogP contribution in [0.3, 0.4) is 0 Å². The summed E-state index contributed by atoms with van der Waals surface area (Å²) in [5, 5.41) is 19.1. The zero-order chi connectivity index (χ0) is 27.0. The molecule has 4 atom stereocenters. The molecule has 1 aliphatic rings. The number of aliphatic hydroxyl groups excluding tert-OH is 1. The molecule has 2 amide bonds. The molecular formula is C24H40N4O7S. The summed E-state index contributed by atoms with van der Waals surface area (Å²) in [7, 11) is -2.33. The Morgan fingerprint density at radius 2 is 1.75 bits per heavy atom. The SMILES string of the molecule is CCC(C)[C@H](NC(=O)CNC)C(=O)N[C@@H](C)[C@H](O)CN(CC(C)C)S(=O)(=O)c1ccc2c(c1)OCO2. The minimum absolute atomic E-state index is 0.0111. The maximum Gasteiger partial charge on any atom is 0.243 e. The van der Waals surface area contributed by atoms with E-state index in [2.05, 4.69) is 16.0 Å². The van der Waals surface area contributed by atoms with Gasteiger partial charge in [-0.15, -0.1) is 0 Å². The molecule has 12 heteroatoms. The maximum absolute atomic E-state index is 13.4. The van der Waals surface area contributed by atoms with E-state index in [9.17, 15) is 23.1 Å². The van der Waals surface area contributed by atoms with E-state index in [1.54, 1.807) is 20.0 Å².